The van der Waals surface area contributed by atoms with Crippen molar-refractivity contribution >= 4 is 11.9 Å². The van der Waals surface area contributed by atoms with Gasteiger partial charge in [-0.15, -0.1) is 0 Å². The lowest BCUT2D eigenvalue weighted by molar-refractivity contribution is -0.148. The van der Waals surface area contributed by atoms with E-state index < -0.39 is 0 Å². The lowest BCUT2D eigenvalue weighted by Crippen LogP contribution is -2.38. The molecule has 1 rings (SSSR count). The van der Waals surface area contributed by atoms with E-state index in [1.807, 2.05) is 0 Å². The first kappa shape index (κ1) is 18.9. The van der Waals surface area contributed by atoms with Crippen molar-refractivity contribution in [1.29, 1.82) is 0 Å². The molecule has 1 saturated carbocycles. The smallest absolute Gasteiger partial charge is 0.309 e. The fourth-order valence-electron chi connectivity index (χ4n) is 3.08. The number of carbonyl (C=O) groups excluding carboxylic acids is 2. The van der Waals surface area contributed by atoms with Crippen molar-refractivity contribution in [2.45, 2.75) is 51.9 Å². The van der Waals surface area contributed by atoms with E-state index in [1.54, 1.807) is 0 Å². The second-order valence-corrected chi connectivity index (χ2v) is 6.39. The summed E-state index contributed by atoms with van der Waals surface area (Å²) in [5, 5.41) is 3.00. The summed E-state index contributed by atoms with van der Waals surface area (Å²) in [5.74, 6) is 0.130. The summed E-state index contributed by atoms with van der Waals surface area (Å²) in [5.41, 5.74) is 0. The Morgan fingerprint density at radius 3 is 2.64 bits per heavy atom. The van der Waals surface area contributed by atoms with Crippen LogP contribution in [0.3, 0.4) is 0 Å². The number of esters is 1. The first-order chi connectivity index (χ1) is 10.6. The van der Waals surface area contributed by atoms with Crippen molar-refractivity contribution in [3.05, 3.63) is 0 Å². The Morgan fingerprint density at radius 2 is 1.95 bits per heavy atom. The van der Waals surface area contributed by atoms with Crippen LogP contribution in [0, 0.1) is 11.8 Å². The van der Waals surface area contributed by atoms with E-state index in [0.717, 1.165) is 38.8 Å². The van der Waals surface area contributed by atoms with E-state index >= 15 is 0 Å². The highest BCUT2D eigenvalue weighted by Gasteiger charge is 2.31. The van der Waals surface area contributed by atoms with Gasteiger partial charge in [-0.2, -0.15) is 0 Å². The van der Waals surface area contributed by atoms with Gasteiger partial charge in [-0.1, -0.05) is 26.2 Å². The lowest BCUT2D eigenvalue weighted by atomic mass is 9.79. The van der Waals surface area contributed by atoms with Gasteiger partial charge in [0.25, 0.3) is 0 Å². The fourth-order valence-corrected chi connectivity index (χ4v) is 3.08. The summed E-state index contributed by atoms with van der Waals surface area (Å²) in [6.07, 6.45) is 6.95. The third-order valence-corrected chi connectivity index (χ3v) is 4.59. The van der Waals surface area contributed by atoms with Gasteiger partial charge in [-0.05, 0) is 38.8 Å². The maximum absolute atomic E-state index is 12.0. The molecule has 0 aromatic heterocycles. The van der Waals surface area contributed by atoms with Crippen LogP contribution in [0.1, 0.15) is 51.9 Å². The molecule has 0 aromatic rings. The molecule has 5 heteroatoms. The third kappa shape index (κ3) is 6.77. The van der Waals surface area contributed by atoms with Crippen molar-refractivity contribution < 1.29 is 14.3 Å². The minimum absolute atomic E-state index is 0.0497. The molecule has 0 radical (unpaired) electrons. The highest BCUT2D eigenvalue weighted by molar-refractivity contribution is 5.76. The second-order valence-electron chi connectivity index (χ2n) is 6.39. The Labute approximate surface area is 134 Å². The maximum atomic E-state index is 12.0. The van der Waals surface area contributed by atoms with Crippen LogP contribution < -0.4 is 5.32 Å². The Balaban J connectivity index is 2.28. The second kappa shape index (κ2) is 10.6. The van der Waals surface area contributed by atoms with Crippen molar-refractivity contribution in [1.82, 2.24) is 10.2 Å². The molecule has 2 atom stereocenters. The van der Waals surface area contributed by atoms with Gasteiger partial charge >= 0.3 is 5.97 Å². The van der Waals surface area contributed by atoms with Crippen molar-refractivity contribution in [2.24, 2.45) is 11.8 Å². The third-order valence-electron chi connectivity index (χ3n) is 4.59. The molecule has 1 fully saturated rings. The molecule has 0 spiro atoms. The van der Waals surface area contributed by atoms with Gasteiger partial charge in [0.05, 0.1) is 13.0 Å². The van der Waals surface area contributed by atoms with E-state index in [4.69, 9.17) is 4.74 Å². The molecule has 1 aliphatic carbocycles. The molecule has 0 bridgehead atoms. The van der Waals surface area contributed by atoms with E-state index in [0.29, 0.717) is 13.0 Å². The number of amides is 1. The molecule has 1 aliphatic rings. The Hall–Kier alpha value is -1.10. The molecule has 2 unspecified atom stereocenters. The van der Waals surface area contributed by atoms with Crippen LogP contribution >= 0.6 is 0 Å². The minimum Gasteiger partial charge on any atom is -0.469 e. The Morgan fingerprint density at radius 1 is 1.23 bits per heavy atom. The van der Waals surface area contributed by atoms with Crippen LogP contribution in [0.25, 0.3) is 0 Å². The molecule has 128 valence electrons. The van der Waals surface area contributed by atoms with Crippen LogP contribution in [-0.2, 0) is 14.3 Å². The predicted octanol–water partition coefficient (Wildman–Crippen LogP) is 2.20. The molecule has 0 aromatic carbocycles. The molecule has 1 amide bonds. The minimum atomic E-state index is -0.127. The standard InChI is InChI=1S/C17H32N2O3/c1-4-5-11-19(2)12-10-16(20)18-13-14-8-6-7-9-15(14)17(21)22-3/h14-15H,4-13H2,1-3H3,(H,18,20). The number of rotatable bonds is 9. The first-order valence-electron chi connectivity index (χ1n) is 8.61. The molecular weight excluding hydrogens is 280 g/mol. The zero-order chi connectivity index (χ0) is 16.4. The molecule has 1 N–H and O–H groups in total. The van der Waals surface area contributed by atoms with Gasteiger partial charge in [0.1, 0.15) is 0 Å². The monoisotopic (exact) mass is 312 g/mol. The normalized spacial score (nSPS) is 21.6. The topological polar surface area (TPSA) is 58.6 Å². The SMILES string of the molecule is CCCCN(C)CCC(=O)NCC1CCCCC1C(=O)OC. The van der Waals surface area contributed by atoms with E-state index in [-0.39, 0.29) is 23.7 Å². The Bertz CT molecular complexity index is 347. The summed E-state index contributed by atoms with van der Waals surface area (Å²) in [6, 6.07) is 0. The highest BCUT2D eigenvalue weighted by Crippen LogP contribution is 2.30. The maximum Gasteiger partial charge on any atom is 0.309 e. The lowest BCUT2D eigenvalue weighted by Gasteiger charge is -2.29. The molecule has 0 aliphatic heterocycles. The van der Waals surface area contributed by atoms with Crippen LogP contribution in [0.5, 0.6) is 0 Å². The zero-order valence-electron chi connectivity index (χ0n) is 14.4. The van der Waals surface area contributed by atoms with E-state index in [1.165, 1.54) is 20.0 Å². The number of unbranched alkanes of at least 4 members (excludes halogenated alkanes) is 1. The number of nitrogens with zero attached hydrogens (tertiary/aromatic N) is 1. The Kier molecular flexibility index (Phi) is 9.13. The summed E-state index contributed by atoms with van der Waals surface area (Å²) < 4.78 is 4.88. The van der Waals surface area contributed by atoms with E-state index in [9.17, 15) is 9.59 Å². The van der Waals surface area contributed by atoms with Crippen LogP contribution in [0.15, 0.2) is 0 Å². The predicted molar refractivity (Wildman–Crippen MR) is 87.5 cm³/mol. The fraction of sp³-hybridized carbons (Fsp3) is 0.882. The molecule has 0 saturated heterocycles. The van der Waals surface area contributed by atoms with Gasteiger partial charge in [-0.3, -0.25) is 9.59 Å². The number of nitrogens with one attached hydrogen (secondary N) is 1. The van der Waals surface area contributed by atoms with E-state index in [2.05, 4.69) is 24.2 Å². The number of carbonyl (C=O) groups is 2. The van der Waals surface area contributed by atoms with Gasteiger partial charge in [0, 0.05) is 19.5 Å². The summed E-state index contributed by atoms with van der Waals surface area (Å²) in [4.78, 5) is 25.9. The molecule has 22 heavy (non-hydrogen) atoms. The molecule has 5 nitrogen and oxygen atoms in total. The van der Waals surface area contributed by atoms with Gasteiger partial charge in [0.2, 0.25) is 5.91 Å². The van der Waals surface area contributed by atoms with Crippen LogP contribution in [-0.4, -0.2) is 50.6 Å². The van der Waals surface area contributed by atoms with Crippen LogP contribution in [0.4, 0.5) is 0 Å². The quantitative estimate of drug-likeness (QED) is 0.663. The van der Waals surface area contributed by atoms with Crippen molar-refractivity contribution in [3.8, 4) is 0 Å². The molecule has 0 heterocycles. The highest BCUT2D eigenvalue weighted by atomic mass is 16.5. The largest absolute Gasteiger partial charge is 0.469 e. The average Bonchev–Trinajstić information content (AvgIpc) is 2.55. The number of ether oxygens (including phenoxy) is 1. The zero-order valence-corrected chi connectivity index (χ0v) is 14.4. The van der Waals surface area contributed by atoms with Gasteiger partial charge < -0.3 is 15.0 Å². The average molecular weight is 312 g/mol. The number of methoxy groups -OCH3 is 1. The summed E-state index contributed by atoms with van der Waals surface area (Å²) in [7, 11) is 3.50. The summed E-state index contributed by atoms with van der Waals surface area (Å²) >= 11 is 0. The first-order valence-corrected chi connectivity index (χ1v) is 8.61. The van der Waals surface area contributed by atoms with Gasteiger partial charge in [0.15, 0.2) is 0 Å². The number of hydrogen-bond acceptors (Lipinski definition) is 4. The summed E-state index contributed by atoms with van der Waals surface area (Å²) in [6.45, 7) is 4.59. The van der Waals surface area contributed by atoms with Crippen LogP contribution in [0.2, 0.25) is 0 Å². The van der Waals surface area contributed by atoms with Crippen molar-refractivity contribution in [2.75, 3.05) is 33.8 Å². The number of hydrogen-bond donors (Lipinski definition) is 1. The van der Waals surface area contributed by atoms with Crippen molar-refractivity contribution in [3.63, 3.8) is 0 Å². The molecular formula is C17H32N2O3. The van der Waals surface area contributed by atoms with Gasteiger partial charge in [-0.25, -0.2) is 0 Å².